The van der Waals surface area contributed by atoms with E-state index in [4.69, 9.17) is 4.74 Å². The summed E-state index contributed by atoms with van der Waals surface area (Å²) in [7, 11) is 0. The van der Waals surface area contributed by atoms with Gasteiger partial charge in [0.2, 0.25) is 0 Å². The Balaban J connectivity index is 1.49. The number of benzene rings is 2. The smallest absolute Gasteiger partial charge is 0.462 e. The van der Waals surface area contributed by atoms with Crippen molar-refractivity contribution in [2.75, 3.05) is 18.5 Å². The lowest BCUT2D eigenvalue weighted by Gasteiger charge is -2.24. The summed E-state index contributed by atoms with van der Waals surface area (Å²) >= 11 is 1.26. The fraction of sp³-hybridized carbons (Fsp3) is 0.208. The molecule has 34 heavy (non-hydrogen) atoms. The first-order valence-corrected chi connectivity index (χ1v) is 11.4. The minimum Gasteiger partial charge on any atom is -0.462 e. The van der Waals surface area contributed by atoms with Gasteiger partial charge in [0.25, 0.3) is 5.91 Å². The zero-order valence-corrected chi connectivity index (χ0v) is 19.0. The summed E-state index contributed by atoms with van der Waals surface area (Å²) in [6, 6.07) is 11.1. The minimum absolute atomic E-state index is 0.0320. The van der Waals surface area contributed by atoms with Crippen molar-refractivity contribution in [2.45, 2.75) is 18.7 Å². The summed E-state index contributed by atoms with van der Waals surface area (Å²) < 4.78 is 19.4. The maximum atomic E-state index is 13.2. The number of allylic oxidation sites excluding steroid dienone is 1. The van der Waals surface area contributed by atoms with Crippen LogP contribution in [0.3, 0.4) is 0 Å². The molecule has 174 valence electrons. The van der Waals surface area contributed by atoms with E-state index in [9.17, 15) is 23.6 Å². The fourth-order valence-electron chi connectivity index (χ4n) is 3.58. The number of imide groups is 1. The number of nitrogens with one attached hydrogen (secondary N) is 1. The normalized spacial score (nSPS) is 17.1. The standard InChI is InChI=1S/C24H20FN3O5S/c1-2-33-23(31)16-5-9-18(10-6-16)26-20(29)14-27-19-11-12-34-21(19)22(30)28(24(27)32)13-15-3-7-17(25)8-4-15/h3-12,21H,2,13-14H2,1H3/p+1. The Labute approximate surface area is 199 Å². The highest BCUT2D eigenvalue weighted by molar-refractivity contribution is 8.04. The summed E-state index contributed by atoms with van der Waals surface area (Å²) in [4.78, 5) is 51.7. The molecule has 2 aliphatic heterocycles. The minimum atomic E-state index is -0.630. The Hall–Kier alpha value is -3.79. The van der Waals surface area contributed by atoms with Crippen LogP contribution in [-0.4, -0.2) is 57.4 Å². The Morgan fingerprint density at radius 1 is 1.12 bits per heavy atom. The monoisotopic (exact) mass is 482 g/mol. The largest absolute Gasteiger partial charge is 0.501 e. The van der Waals surface area contributed by atoms with Gasteiger partial charge in [-0.15, -0.1) is 11.8 Å². The van der Waals surface area contributed by atoms with Crippen LogP contribution in [0.5, 0.6) is 0 Å². The van der Waals surface area contributed by atoms with Gasteiger partial charge < -0.3 is 10.1 Å². The number of anilines is 1. The van der Waals surface area contributed by atoms with E-state index < -0.39 is 29.0 Å². The maximum Gasteiger partial charge on any atom is 0.501 e. The number of nitrogens with zero attached hydrogens (tertiary/aromatic N) is 2. The van der Waals surface area contributed by atoms with Crippen LogP contribution in [0.1, 0.15) is 22.8 Å². The molecule has 0 spiro atoms. The summed E-state index contributed by atoms with van der Waals surface area (Å²) in [6.45, 7) is 1.63. The molecule has 2 aromatic rings. The topological polar surface area (TPSA) is 95.8 Å². The van der Waals surface area contributed by atoms with Crippen LogP contribution < -0.4 is 5.32 Å². The van der Waals surface area contributed by atoms with Crippen molar-refractivity contribution in [1.29, 1.82) is 0 Å². The molecule has 4 amide bonds. The second-order valence-corrected chi connectivity index (χ2v) is 8.53. The van der Waals surface area contributed by atoms with Crippen LogP contribution in [0.15, 0.2) is 60.0 Å². The van der Waals surface area contributed by atoms with Crippen molar-refractivity contribution in [3.63, 3.8) is 0 Å². The van der Waals surface area contributed by atoms with Crippen LogP contribution in [0.25, 0.3) is 0 Å². The number of carbonyl (C=O) groups is 4. The summed E-state index contributed by atoms with van der Waals surface area (Å²) in [5, 5.41) is 3.78. The highest BCUT2D eigenvalue weighted by atomic mass is 32.2. The molecule has 4 rings (SSSR count). The average molecular weight is 483 g/mol. The third kappa shape index (κ3) is 4.91. The zero-order valence-electron chi connectivity index (χ0n) is 18.2. The Morgan fingerprint density at radius 3 is 2.50 bits per heavy atom. The van der Waals surface area contributed by atoms with Crippen LogP contribution in [0.2, 0.25) is 0 Å². The zero-order chi connectivity index (χ0) is 24.2. The molecular formula is C24H21FN3O5S+. The molecule has 2 aliphatic rings. The molecule has 0 aromatic heterocycles. The number of thioether (sulfide) groups is 1. The molecule has 2 aromatic carbocycles. The Kier molecular flexibility index (Phi) is 6.87. The van der Waals surface area contributed by atoms with E-state index in [1.807, 2.05) is 0 Å². The Bertz CT molecular complexity index is 1210. The van der Waals surface area contributed by atoms with Gasteiger partial charge in [0.1, 0.15) is 18.1 Å². The van der Waals surface area contributed by atoms with Gasteiger partial charge in [-0.3, -0.25) is 4.79 Å². The lowest BCUT2D eigenvalue weighted by atomic mass is 10.1. The number of hydrogen-bond acceptors (Lipinski definition) is 6. The number of halogens is 1. The molecule has 0 fully saturated rings. The molecule has 0 saturated heterocycles. The highest BCUT2D eigenvalue weighted by Crippen LogP contribution is 2.28. The molecule has 0 aliphatic carbocycles. The van der Waals surface area contributed by atoms with Crippen molar-refractivity contribution in [3.05, 3.63) is 77.0 Å². The van der Waals surface area contributed by atoms with E-state index >= 15 is 0 Å². The van der Waals surface area contributed by atoms with Gasteiger partial charge in [0.05, 0.1) is 12.2 Å². The van der Waals surface area contributed by atoms with E-state index in [1.54, 1.807) is 30.5 Å². The van der Waals surface area contributed by atoms with Crippen molar-refractivity contribution in [3.8, 4) is 0 Å². The number of amides is 4. The predicted octanol–water partition coefficient (Wildman–Crippen LogP) is 3.19. The maximum absolute atomic E-state index is 13.2. The number of esters is 1. The summed E-state index contributed by atoms with van der Waals surface area (Å²) in [5.41, 5.74) is 1.84. The first-order chi connectivity index (χ1) is 16.4. The van der Waals surface area contributed by atoms with Crippen molar-refractivity contribution in [2.24, 2.45) is 0 Å². The number of rotatable bonds is 7. The molecule has 0 radical (unpaired) electrons. The van der Waals surface area contributed by atoms with Gasteiger partial charge in [-0.2, -0.15) is 14.3 Å². The van der Waals surface area contributed by atoms with Crippen LogP contribution >= 0.6 is 11.8 Å². The molecule has 2 heterocycles. The van der Waals surface area contributed by atoms with Crippen molar-refractivity contribution < 1.29 is 32.9 Å². The van der Waals surface area contributed by atoms with E-state index in [1.165, 1.54) is 52.7 Å². The lowest BCUT2D eigenvalue weighted by Crippen LogP contribution is -2.55. The van der Waals surface area contributed by atoms with E-state index in [0.29, 0.717) is 22.5 Å². The van der Waals surface area contributed by atoms with Gasteiger partial charge in [0, 0.05) is 5.69 Å². The first-order valence-electron chi connectivity index (χ1n) is 10.5. The third-order valence-corrected chi connectivity index (χ3v) is 6.23. The van der Waals surface area contributed by atoms with Gasteiger partial charge in [-0.25, -0.2) is 14.0 Å². The quantitative estimate of drug-likeness (QED) is 0.481. The van der Waals surface area contributed by atoms with Crippen LogP contribution in [-0.2, 0) is 20.9 Å². The fourth-order valence-corrected chi connectivity index (χ4v) is 4.54. The van der Waals surface area contributed by atoms with Gasteiger partial charge in [-0.1, -0.05) is 12.1 Å². The molecule has 1 atom stereocenters. The van der Waals surface area contributed by atoms with E-state index in [0.717, 1.165) is 4.90 Å². The molecular weight excluding hydrogens is 461 g/mol. The summed E-state index contributed by atoms with van der Waals surface area (Å²) in [6.07, 6.45) is 1.65. The van der Waals surface area contributed by atoms with Gasteiger partial charge in [-0.05, 0) is 60.4 Å². The second-order valence-electron chi connectivity index (χ2n) is 7.51. The molecule has 1 N–H and O–H groups in total. The SMILES string of the molecule is CCOC(=O)c1ccc(NC(=O)C[N+]2=C3C=CSC3C(=O)N(Cc3ccc(F)cc3)C2=O)cc1. The highest BCUT2D eigenvalue weighted by Gasteiger charge is 2.49. The third-order valence-electron chi connectivity index (χ3n) is 5.22. The molecule has 10 heteroatoms. The number of carbonyl (C=O) groups excluding carboxylic acids is 4. The molecule has 0 saturated carbocycles. The first kappa shape index (κ1) is 23.4. The molecule has 1 unspecified atom stereocenters. The number of fused-ring (bicyclic) bond motifs is 1. The molecule has 0 bridgehead atoms. The summed E-state index contributed by atoms with van der Waals surface area (Å²) in [5.74, 6) is -1.73. The van der Waals surface area contributed by atoms with E-state index in [-0.39, 0.29) is 25.6 Å². The lowest BCUT2D eigenvalue weighted by molar-refractivity contribution is -0.426. The van der Waals surface area contributed by atoms with E-state index in [2.05, 4.69) is 5.32 Å². The second kappa shape index (κ2) is 10.0. The van der Waals surface area contributed by atoms with Crippen LogP contribution in [0, 0.1) is 5.82 Å². The number of urea groups is 1. The average Bonchev–Trinajstić information content (AvgIpc) is 3.31. The van der Waals surface area contributed by atoms with Crippen molar-refractivity contribution >= 4 is 47.0 Å². The van der Waals surface area contributed by atoms with Crippen molar-refractivity contribution in [1.82, 2.24) is 4.90 Å². The van der Waals surface area contributed by atoms with Crippen LogP contribution in [0.4, 0.5) is 14.9 Å². The van der Waals surface area contributed by atoms with Gasteiger partial charge in [0.15, 0.2) is 11.8 Å². The number of hydrogen-bond donors (Lipinski definition) is 1. The molecule has 8 nitrogen and oxygen atoms in total. The number of ether oxygens (including phenoxy) is 1. The van der Waals surface area contributed by atoms with Gasteiger partial charge >= 0.3 is 17.9 Å². The Morgan fingerprint density at radius 2 is 1.82 bits per heavy atom. The predicted molar refractivity (Wildman–Crippen MR) is 124 cm³/mol.